The lowest BCUT2D eigenvalue weighted by molar-refractivity contribution is -0.151. The van der Waals surface area contributed by atoms with Gasteiger partial charge in [0.2, 0.25) is 5.91 Å². The molecule has 29 heavy (non-hydrogen) atoms. The summed E-state index contributed by atoms with van der Waals surface area (Å²) in [6.45, 7) is 0.933. The summed E-state index contributed by atoms with van der Waals surface area (Å²) >= 11 is 0. The molecule has 3 rings (SSSR count). The minimum absolute atomic E-state index is 0.0160. The average Bonchev–Trinajstić information content (AvgIpc) is 2.95. The molecule has 1 unspecified atom stereocenters. The summed E-state index contributed by atoms with van der Waals surface area (Å²) in [5, 5.41) is 0. The lowest BCUT2D eigenvalue weighted by atomic mass is 9.96. The van der Waals surface area contributed by atoms with E-state index >= 15 is 0 Å². The molecule has 4 amide bonds. The Hall–Kier alpha value is -2.58. The Kier molecular flexibility index (Phi) is 6.14. The van der Waals surface area contributed by atoms with Crippen LogP contribution in [0.25, 0.3) is 0 Å². The number of carbonyl (C=O) groups excluding carboxylic acids is 3. The van der Waals surface area contributed by atoms with Crippen LogP contribution >= 0.6 is 0 Å². The molecule has 2 aliphatic rings. The molecule has 9 heteroatoms. The van der Waals surface area contributed by atoms with E-state index in [4.69, 9.17) is 0 Å². The maximum absolute atomic E-state index is 12.6. The molecular formula is C20H24F3N3O3. The summed E-state index contributed by atoms with van der Waals surface area (Å²) in [5.41, 5.74) is 1.08. The van der Waals surface area contributed by atoms with Gasteiger partial charge in [0.05, 0.1) is 0 Å². The predicted octanol–water partition coefficient (Wildman–Crippen LogP) is 3.00. The second-order valence-corrected chi connectivity index (χ2v) is 7.63. The fourth-order valence-electron chi connectivity index (χ4n) is 3.90. The zero-order valence-corrected chi connectivity index (χ0v) is 16.2. The van der Waals surface area contributed by atoms with E-state index in [0.29, 0.717) is 32.4 Å². The molecule has 2 heterocycles. The van der Waals surface area contributed by atoms with Crippen molar-refractivity contribution in [2.45, 2.75) is 44.3 Å². The zero-order valence-electron chi connectivity index (χ0n) is 16.2. The Morgan fingerprint density at radius 3 is 2.34 bits per heavy atom. The van der Waals surface area contributed by atoms with Crippen molar-refractivity contribution < 1.29 is 27.6 Å². The number of likely N-dealkylation sites (tertiary alicyclic amines) is 1. The van der Waals surface area contributed by atoms with Crippen molar-refractivity contribution in [1.29, 1.82) is 0 Å². The molecular weight excluding hydrogens is 387 g/mol. The molecule has 0 spiro atoms. The van der Waals surface area contributed by atoms with Crippen molar-refractivity contribution in [3.63, 3.8) is 0 Å². The summed E-state index contributed by atoms with van der Waals surface area (Å²) in [4.78, 5) is 39.9. The number of hydrogen-bond acceptors (Lipinski definition) is 3. The van der Waals surface area contributed by atoms with Gasteiger partial charge in [-0.25, -0.2) is 4.79 Å². The maximum Gasteiger partial charge on any atom is 0.406 e. The number of rotatable bonds is 5. The van der Waals surface area contributed by atoms with Gasteiger partial charge in [-0.15, -0.1) is 0 Å². The van der Waals surface area contributed by atoms with Gasteiger partial charge in [0, 0.05) is 25.6 Å². The number of halogens is 3. The van der Waals surface area contributed by atoms with Crippen molar-refractivity contribution in [3.05, 3.63) is 35.9 Å². The first-order valence-electron chi connectivity index (χ1n) is 9.66. The third kappa shape index (κ3) is 5.07. The third-order valence-electron chi connectivity index (χ3n) is 5.53. The van der Waals surface area contributed by atoms with Crippen LogP contribution in [0.2, 0.25) is 0 Å². The number of amides is 4. The number of benzene rings is 1. The van der Waals surface area contributed by atoms with E-state index in [1.54, 1.807) is 4.90 Å². The molecule has 0 aliphatic carbocycles. The Labute approximate surface area is 167 Å². The first-order valence-corrected chi connectivity index (χ1v) is 9.66. The van der Waals surface area contributed by atoms with Gasteiger partial charge in [0.25, 0.3) is 5.91 Å². The quantitative estimate of drug-likeness (QED) is 0.700. The number of carbonyl (C=O) groups is 3. The number of piperidine rings is 1. The van der Waals surface area contributed by atoms with E-state index in [0.717, 1.165) is 5.56 Å². The van der Waals surface area contributed by atoms with Crippen LogP contribution in [-0.4, -0.2) is 70.9 Å². The van der Waals surface area contributed by atoms with Gasteiger partial charge in [-0.3, -0.25) is 14.5 Å². The van der Waals surface area contributed by atoms with Crippen LogP contribution in [0, 0.1) is 0 Å². The van der Waals surface area contributed by atoms with E-state index in [2.05, 4.69) is 0 Å². The van der Waals surface area contributed by atoms with Crippen molar-refractivity contribution in [2.24, 2.45) is 0 Å². The van der Waals surface area contributed by atoms with Gasteiger partial charge >= 0.3 is 12.2 Å². The van der Waals surface area contributed by atoms with Gasteiger partial charge in [0.1, 0.15) is 13.1 Å². The zero-order chi connectivity index (χ0) is 21.2. The third-order valence-corrected chi connectivity index (χ3v) is 5.53. The number of hydrogen-bond donors (Lipinski definition) is 0. The molecule has 0 radical (unpaired) electrons. The molecule has 2 aliphatic heterocycles. The van der Waals surface area contributed by atoms with Crippen molar-refractivity contribution >= 4 is 17.8 Å². The maximum atomic E-state index is 12.6. The predicted molar refractivity (Wildman–Crippen MR) is 98.9 cm³/mol. The highest BCUT2D eigenvalue weighted by Crippen LogP contribution is 2.26. The molecule has 0 bridgehead atoms. The molecule has 1 atom stereocenters. The van der Waals surface area contributed by atoms with Crippen LogP contribution in [0.15, 0.2) is 30.3 Å². The van der Waals surface area contributed by atoms with Crippen molar-refractivity contribution in [3.8, 4) is 0 Å². The van der Waals surface area contributed by atoms with Gasteiger partial charge in [-0.05, 0) is 24.3 Å². The SMILES string of the molecule is CC(CC(=O)N1CCC(N2CC(=O)N(CC(F)(F)F)C2=O)CC1)c1ccccc1. The Balaban J connectivity index is 1.52. The smallest absolute Gasteiger partial charge is 0.343 e. The van der Waals surface area contributed by atoms with Gasteiger partial charge in [-0.2, -0.15) is 13.2 Å². The van der Waals surface area contributed by atoms with Crippen LogP contribution in [0.1, 0.15) is 37.7 Å². The normalized spacial score (nSPS) is 19.8. The van der Waals surface area contributed by atoms with Gasteiger partial charge < -0.3 is 9.80 Å². The Morgan fingerprint density at radius 2 is 1.76 bits per heavy atom. The Bertz CT molecular complexity index is 761. The number of imide groups is 1. The van der Waals surface area contributed by atoms with E-state index in [1.807, 2.05) is 37.3 Å². The summed E-state index contributed by atoms with van der Waals surface area (Å²) in [5.74, 6) is -0.736. The molecule has 2 fully saturated rings. The highest BCUT2D eigenvalue weighted by atomic mass is 19.4. The van der Waals surface area contributed by atoms with Gasteiger partial charge in [0.15, 0.2) is 0 Å². The summed E-state index contributed by atoms with van der Waals surface area (Å²) in [6, 6.07) is 8.51. The average molecular weight is 411 g/mol. The fraction of sp³-hybridized carbons (Fsp3) is 0.550. The second-order valence-electron chi connectivity index (χ2n) is 7.63. The molecule has 1 aromatic rings. The fourth-order valence-corrected chi connectivity index (χ4v) is 3.90. The highest BCUT2D eigenvalue weighted by Gasteiger charge is 2.45. The van der Waals surface area contributed by atoms with Crippen molar-refractivity contribution in [1.82, 2.24) is 14.7 Å². The topological polar surface area (TPSA) is 60.9 Å². The number of urea groups is 1. The van der Waals surface area contributed by atoms with Gasteiger partial charge in [-0.1, -0.05) is 37.3 Å². The Morgan fingerprint density at radius 1 is 1.14 bits per heavy atom. The molecule has 0 saturated carbocycles. The molecule has 158 valence electrons. The molecule has 0 aromatic heterocycles. The van der Waals surface area contributed by atoms with E-state index in [1.165, 1.54) is 4.90 Å². The molecule has 2 saturated heterocycles. The van der Waals surface area contributed by atoms with Crippen LogP contribution in [0.3, 0.4) is 0 Å². The van der Waals surface area contributed by atoms with E-state index in [9.17, 15) is 27.6 Å². The highest BCUT2D eigenvalue weighted by molar-refractivity contribution is 6.02. The molecule has 1 aromatic carbocycles. The van der Waals surface area contributed by atoms with E-state index < -0.39 is 24.7 Å². The summed E-state index contributed by atoms with van der Waals surface area (Å²) in [6.07, 6.45) is -3.35. The van der Waals surface area contributed by atoms with Crippen LogP contribution in [0.4, 0.5) is 18.0 Å². The van der Waals surface area contributed by atoms with E-state index in [-0.39, 0.29) is 29.3 Å². The molecule has 0 N–H and O–H groups in total. The lowest BCUT2D eigenvalue weighted by Gasteiger charge is -2.36. The summed E-state index contributed by atoms with van der Waals surface area (Å²) < 4.78 is 37.7. The number of alkyl halides is 3. The first kappa shape index (κ1) is 21.1. The largest absolute Gasteiger partial charge is 0.406 e. The number of nitrogens with zero attached hydrogens (tertiary/aromatic N) is 3. The monoisotopic (exact) mass is 411 g/mol. The standard InChI is InChI=1S/C20H24F3N3O3/c1-14(15-5-3-2-4-6-15)11-17(27)24-9-7-16(8-10-24)25-12-18(28)26(19(25)29)13-20(21,22)23/h2-6,14,16H,7-13H2,1H3. The minimum atomic E-state index is -4.62. The first-order chi connectivity index (χ1) is 13.7. The van der Waals surface area contributed by atoms with Crippen LogP contribution in [0.5, 0.6) is 0 Å². The summed E-state index contributed by atoms with van der Waals surface area (Å²) in [7, 11) is 0. The van der Waals surface area contributed by atoms with Crippen LogP contribution in [-0.2, 0) is 9.59 Å². The second kappa shape index (κ2) is 8.42. The van der Waals surface area contributed by atoms with Crippen molar-refractivity contribution in [2.75, 3.05) is 26.2 Å². The lowest BCUT2D eigenvalue weighted by Crippen LogP contribution is -2.48. The molecule has 6 nitrogen and oxygen atoms in total. The van der Waals surface area contributed by atoms with Crippen LogP contribution < -0.4 is 0 Å². The minimum Gasteiger partial charge on any atom is -0.343 e.